The SMILES string of the molecule is CCCN(CCC)CCCCCCCN(CCC)CCC#N. The Morgan fingerprint density at radius 1 is 0.591 bits per heavy atom. The van der Waals surface area contributed by atoms with Gasteiger partial charge >= 0.3 is 0 Å². The second-order valence-electron chi connectivity index (χ2n) is 6.36. The van der Waals surface area contributed by atoms with Crippen molar-refractivity contribution in [3.63, 3.8) is 0 Å². The van der Waals surface area contributed by atoms with E-state index in [9.17, 15) is 0 Å². The molecule has 0 rings (SSSR count). The molecule has 0 N–H and O–H groups in total. The van der Waals surface area contributed by atoms with Crippen molar-refractivity contribution in [1.82, 2.24) is 9.80 Å². The third-order valence-electron chi connectivity index (χ3n) is 4.11. The number of nitrogens with zero attached hydrogens (tertiary/aromatic N) is 3. The van der Waals surface area contributed by atoms with Crippen molar-refractivity contribution < 1.29 is 0 Å². The highest BCUT2D eigenvalue weighted by Gasteiger charge is 2.04. The molecule has 0 amide bonds. The highest BCUT2D eigenvalue weighted by molar-refractivity contribution is 4.72. The molecule has 0 aliphatic heterocycles. The summed E-state index contributed by atoms with van der Waals surface area (Å²) >= 11 is 0. The quantitative estimate of drug-likeness (QED) is 0.388. The van der Waals surface area contributed by atoms with E-state index in [4.69, 9.17) is 5.26 Å². The van der Waals surface area contributed by atoms with Crippen molar-refractivity contribution >= 4 is 0 Å². The summed E-state index contributed by atoms with van der Waals surface area (Å²) < 4.78 is 0. The Morgan fingerprint density at radius 3 is 1.41 bits per heavy atom. The Hall–Kier alpha value is -0.590. The van der Waals surface area contributed by atoms with Crippen LogP contribution in [0.1, 0.15) is 78.6 Å². The smallest absolute Gasteiger partial charge is 0.0635 e. The Morgan fingerprint density at radius 2 is 1.00 bits per heavy atom. The fraction of sp³-hybridized carbons (Fsp3) is 0.947. The lowest BCUT2D eigenvalue weighted by molar-refractivity contribution is 0.263. The molecule has 0 bridgehead atoms. The van der Waals surface area contributed by atoms with E-state index in [0.29, 0.717) is 6.42 Å². The minimum Gasteiger partial charge on any atom is -0.303 e. The molecule has 0 aromatic carbocycles. The van der Waals surface area contributed by atoms with E-state index < -0.39 is 0 Å². The van der Waals surface area contributed by atoms with Crippen LogP contribution in [0.15, 0.2) is 0 Å². The van der Waals surface area contributed by atoms with E-state index in [-0.39, 0.29) is 0 Å². The molecule has 130 valence electrons. The van der Waals surface area contributed by atoms with E-state index in [1.165, 1.54) is 77.5 Å². The van der Waals surface area contributed by atoms with Crippen LogP contribution in [0.25, 0.3) is 0 Å². The maximum Gasteiger partial charge on any atom is 0.0635 e. The summed E-state index contributed by atoms with van der Waals surface area (Å²) in [7, 11) is 0. The normalized spacial score (nSPS) is 11.3. The molecule has 22 heavy (non-hydrogen) atoms. The van der Waals surface area contributed by atoms with Crippen molar-refractivity contribution in [3.8, 4) is 6.07 Å². The Kier molecular flexibility index (Phi) is 16.3. The van der Waals surface area contributed by atoms with Crippen LogP contribution in [-0.2, 0) is 0 Å². The predicted molar refractivity (Wildman–Crippen MR) is 97.1 cm³/mol. The highest BCUT2D eigenvalue weighted by atomic mass is 15.1. The molecule has 3 nitrogen and oxygen atoms in total. The summed E-state index contributed by atoms with van der Waals surface area (Å²) in [6, 6.07) is 2.26. The standard InChI is InChI=1S/C19H39N3/c1-4-14-21(15-5-2)17-10-8-7-9-11-18-22(16-6-3)19-12-13-20/h4-12,14-19H2,1-3H3. The van der Waals surface area contributed by atoms with Crippen molar-refractivity contribution in [2.45, 2.75) is 78.6 Å². The maximum absolute atomic E-state index is 8.69. The molecule has 0 saturated heterocycles. The van der Waals surface area contributed by atoms with Gasteiger partial charge in [-0.2, -0.15) is 5.26 Å². The zero-order valence-corrected chi connectivity index (χ0v) is 15.4. The molecule has 0 aliphatic rings. The van der Waals surface area contributed by atoms with Crippen LogP contribution in [0.2, 0.25) is 0 Å². The van der Waals surface area contributed by atoms with E-state index in [1.807, 2.05) is 0 Å². The number of nitriles is 1. The fourth-order valence-electron chi connectivity index (χ4n) is 3.03. The molecule has 3 heteroatoms. The van der Waals surface area contributed by atoms with Gasteiger partial charge in [0.1, 0.15) is 0 Å². The van der Waals surface area contributed by atoms with Gasteiger partial charge in [0.25, 0.3) is 0 Å². The zero-order chi connectivity index (χ0) is 16.5. The monoisotopic (exact) mass is 309 g/mol. The van der Waals surface area contributed by atoms with Crippen LogP contribution >= 0.6 is 0 Å². The second-order valence-corrected chi connectivity index (χ2v) is 6.36. The van der Waals surface area contributed by atoms with Crippen LogP contribution in [-0.4, -0.2) is 49.1 Å². The molecule has 0 unspecified atom stereocenters. The molecular formula is C19H39N3. The minimum absolute atomic E-state index is 0.671. The van der Waals surface area contributed by atoms with Gasteiger partial charge in [0.15, 0.2) is 0 Å². The average Bonchev–Trinajstić information content (AvgIpc) is 2.51. The van der Waals surface area contributed by atoms with Gasteiger partial charge in [0, 0.05) is 13.0 Å². The average molecular weight is 310 g/mol. The number of hydrogen-bond acceptors (Lipinski definition) is 3. The van der Waals surface area contributed by atoms with Gasteiger partial charge in [-0.15, -0.1) is 0 Å². The van der Waals surface area contributed by atoms with Crippen molar-refractivity contribution in [2.75, 3.05) is 39.3 Å². The van der Waals surface area contributed by atoms with E-state index in [0.717, 1.165) is 13.1 Å². The van der Waals surface area contributed by atoms with Crippen molar-refractivity contribution in [1.29, 1.82) is 5.26 Å². The van der Waals surface area contributed by atoms with Gasteiger partial charge in [0.05, 0.1) is 6.07 Å². The lowest BCUT2D eigenvalue weighted by Crippen LogP contribution is -2.27. The van der Waals surface area contributed by atoms with E-state index in [1.54, 1.807) is 0 Å². The first-order valence-electron chi connectivity index (χ1n) is 9.60. The first-order chi connectivity index (χ1) is 10.8. The molecule has 0 spiro atoms. The van der Waals surface area contributed by atoms with Crippen LogP contribution in [0, 0.1) is 11.3 Å². The van der Waals surface area contributed by atoms with Gasteiger partial charge < -0.3 is 9.80 Å². The van der Waals surface area contributed by atoms with Crippen LogP contribution < -0.4 is 0 Å². The Bertz CT molecular complexity index is 254. The summed E-state index contributed by atoms with van der Waals surface area (Å²) in [6.45, 7) is 13.8. The largest absolute Gasteiger partial charge is 0.303 e. The molecule has 0 heterocycles. The first-order valence-corrected chi connectivity index (χ1v) is 9.60. The number of hydrogen-bond donors (Lipinski definition) is 0. The van der Waals surface area contributed by atoms with Gasteiger partial charge in [0.2, 0.25) is 0 Å². The summed E-state index contributed by atoms with van der Waals surface area (Å²) in [5.41, 5.74) is 0. The topological polar surface area (TPSA) is 30.3 Å². The lowest BCUT2D eigenvalue weighted by atomic mass is 10.1. The van der Waals surface area contributed by atoms with E-state index >= 15 is 0 Å². The fourth-order valence-corrected chi connectivity index (χ4v) is 3.03. The summed E-state index contributed by atoms with van der Waals surface area (Å²) in [5, 5.41) is 8.69. The van der Waals surface area contributed by atoms with Crippen molar-refractivity contribution in [3.05, 3.63) is 0 Å². The Balaban J connectivity index is 3.56. The zero-order valence-electron chi connectivity index (χ0n) is 15.4. The van der Waals surface area contributed by atoms with Gasteiger partial charge in [-0.25, -0.2) is 0 Å². The van der Waals surface area contributed by atoms with Gasteiger partial charge in [-0.3, -0.25) is 0 Å². The van der Waals surface area contributed by atoms with Crippen LogP contribution in [0.4, 0.5) is 0 Å². The highest BCUT2D eigenvalue weighted by Crippen LogP contribution is 2.07. The van der Waals surface area contributed by atoms with Crippen LogP contribution in [0.3, 0.4) is 0 Å². The third-order valence-corrected chi connectivity index (χ3v) is 4.11. The number of unbranched alkanes of at least 4 members (excludes halogenated alkanes) is 4. The Labute approximate surface area is 139 Å². The lowest BCUT2D eigenvalue weighted by Gasteiger charge is -2.21. The first kappa shape index (κ1) is 21.4. The molecular weight excluding hydrogens is 270 g/mol. The minimum atomic E-state index is 0.671. The summed E-state index contributed by atoms with van der Waals surface area (Å²) in [4.78, 5) is 5.07. The third kappa shape index (κ3) is 13.1. The summed E-state index contributed by atoms with van der Waals surface area (Å²) in [5.74, 6) is 0. The maximum atomic E-state index is 8.69. The summed E-state index contributed by atoms with van der Waals surface area (Å²) in [6.07, 6.45) is 11.1. The molecule has 0 atom stereocenters. The second kappa shape index (κ2) is 16.8. The number of rotatable bonds is 16. The molecule has 0 aromatic rings. The molecule has 0 aromatic heterocycles. The van der Waals surface area contributed by atoms with Crippen molar-refractivity contribution in [2.24, 2.45) is 0 Å². The van der Waals surface area contributed by atoms with Crippen LogP contribution in [0.5, 0.6) is 0 Å². The van der Waals surface area contributed by atoms with E-state index in [2.05, 4.69) is 36.6 Å². The van der Waals surface area contributed by atoms with Gasteiger partial charge in [-0.1, -0.05) is 40.0 Å². The molecule has 0 fully saturated rings. The molecule has 0 radical (unpaired) electrons. The molecule has 0 saturated carbocycles. The molecule has 0 aliphatic carbocycles. The van der Waals surface area contributed by atoms with Gasteiger partial charge in [-0.05, 0) is 64.8 Å². The predicted octanol–water partition coefficient (Wildman–Crippen LogP) is 4.68.